The molecule has 0 aromatic heterocycles. The number of hydrogen-bond acceptors (Lipinski definition) is 2. The van der Waals surface area contributed by atoms with Crippen LogP contribution in [0, 0.1) is 11.7 Å². The Morgan fingerprint density at radius 3 is 2.94 bits per heavy atom. The maximum absolute atomic E-state index is 13.7. The second-order valence-corrected chi connectivity index (χ2v) is 5.04. The third-order valence-electron chi connectivity index (χ3n) is 3.53. The van der Waals surface area contributed by atoms with Gasteiger partial charge in [0.2, 0.25) is 0 Å². The minimum absolute atomic E-state index is 0.178. The van der Waals surface area contributed by atoms with Crippen LogP contribution < -0.4 is 4.74 Å². The molecule has 0 saturated carbocycles. The first-order chi connectivity index (χ1) is 8.67. The number of ether oxygens (including phenoxy) is 2. The van der Waals surface area contributed by atoms with E-state index in [2.05, 4.69) is 6.92 Å². The Balaban J connectivity index is 2.18. The van der Waals surface area contributed by atoms with Crippen molar-refractivity contribution in [3.8, 4) is 5.75 Å². The van der Waals surface area contributed by atoms with E-state index in [-0.39, 0.29) is 29.0 Å². The molecule has 0 amide bonds. The van der Waals surface area contributed by atoms with Gasteiger partial charge in [0.25, 0.3) is 0 Å². The highest BCUT2D eigenvalue weighted by molar-refractivity contribution is 6.21. The standard InChI is InChI=1S/C14H18ClFO2/c1-3-12-10(6-7-18-12)14(15)9-4-5-13(17-2)11(16)8-9/h4-5,8,10,12,14H,3,6-7H2,1-2H3. The minimum atomic E-state index is -0.368. The van der Waals surface area contributed by atoms with Crippen molar-refractivity contribution in [2.75, 3.05) is 13.7 Å². The van der Waals surface area contributed by atoms with Crippen molar-refractivity contribution >= 4 is 11.6 Å². The van der Waals surface area contributed by atoms with Crippen LogP contribution >= 0.6 is 11.6 Å². The molecule has 1 fully saturated rings. The quantitative estimate of drug-likeness (QED) is 0.773. The van der Waals surface area contributed by atoms with Crippen molar-refractivity contribution in [3.63, 3.8) is 0 Å². The summed E-state index contributed by atoms with van der Waals surface area (Å²) in [7, 11) is 1.45. The second kappa shape index (κ2) is 5.89. The summed E-state index contributed by atoms with van der Waals surface area (Å²) >= 11 is 6.47. The Morgan fingerprint density at radius 1 is 1.56 bits per heavy atom. The van der Waals surface area contributed by atoms with Crippen molar-refractivity contribution in [1.29, 1.82) is 0 Å². The molecule has 0 bridgehead atoms. The first-order valence-corrected chi connectivity index (χ1v) is 6.70. The van der Waals surface area contributed by atoms with E-state index in [1.54, 1.807) is 6.07 Å². The molecule has 1 aromatic rings. The molecule has 1 aliphatic heterocycles. The van der Waals surface area contributed by atoms with Crippen LogP contribution in [0.2, 0.25) is 0 Å². The maximum atomic E-state index is 13.7. The van der Waals surface area contributed by atoms with E-state index in [0.29, 0.717) is 0 Å². The molecule has 18 heavy (non-hydrogen) atoms. The van der Waals surface area contributed by atoms with Crippen molar-refractivity contribution in [2.24, 2.45) is 5.92 Å². The molecule has 100 valence electrons. The molecule has 0 radical (unpaired) electrons. The van der Waals surface area contributed by atoms with Gasteiger partial charge in [0.05, 0.1) is 18.6 Å². The summed E-state index contributed by atoms with van der Waals surface area (Å²) in [5.74, 6) is 0.134. The van der Waals surface area contributed by atoms with E-state index in [9.17, 15) is 4.39 Å². The number of benzene rings is 1. The fourth-order valence-corrected chi connectivity index (χ4v) is 2.95. The Labute approximate surface area is 112 Å². The Morgan fingerprint density at radius 2 is 2.33 bits per heavy atom. The lowest BCUT2D eigenvalue weighted by atomic mass is 9.91. The van der Waals surface area contributed by atoms with Crippen molar-refractivity contribution in [3.05, 3.63) is 29.6 Å². The number of rotatable bonds is 4. The molecule has 1 saturated heterocycles. The summed E-state index contributed by atoms with van der Waals surface area (Å²) in [6.45, 7) is 2.83. The average molecular weight is 273 g/mol. The van der Waals surface area contributed by atoms with Crippen molar-refractivity contribution < 1.29 is 13.9 Å². The SMILES string of the molecule is CCC1OCCC1C(Cl)c1ccc(OC)c(F)c1. The average Bonchev–Trinajstić information content (AvgIpc) is 2.86. The van der Waals surface area contributed by atoms with Gasteiger partial charge in [0, 0.05) is 12.5 Å². The molecule has 0 aliphatic carbocycles. The number of halogens is 2. The summed E-state index contributed by atoms with van der Waals surface area (Å²) in [5, 5.41) is -0.210. The fourth-order valence-electron chi connectivity index (χ4n) is 2.52. The molecule has 1 heterocycles. The van der Waals surface area contributed by atoms with Gasteiger partial charge < -0.3 is 9.47 Å². The molecular weight excluding hydrogens is 255 g/mol. The maximum Gasteiger partial charge on any atom is 0.165 e. The highest BCUT2D eigenvalue weighted by Gasteiger charge is 2.33. The van der Waals surface area contributed by atoms with Crippen LogP contribution in [0.4, 0.5) is 4.39 Å². The third kappa shape index (κ3) is 2.62. The third-order valence-corrected chi connectivity index (χ3v) is 4.11. The molecule has 3 atom stereocenters. The van der Waals surface area contributed by atoms with Gasteiger partial charge in [-0.05, 0) is 30.5 Å². The van der Waals surface area contributed by atoms with Gasteiger partial charge in [-0.15, -0.1) is 11.6 Å². The van der Waals surface area contributed by atoms with Gasteiger partial charge in [0.1, 0.15) is 0 Å². The van der Waals surface area contributed by atoms with Crippen LogP contribution in [0.15, 0.2) is 18.2 Å². The van der Waals surface area contributed by atoms with E-state index in [1.807, 2.05) is 6.07 Å². The number of methoxy groups -OCH3 is 1. The lowest BCUT2D eigenvalue weighted by molar-refractivity contribution is 0.0864. The van der Waals surface area contributed by atoms with Crippen LogP contribution in [-0.4, -0.2) is 19.8 Å². The molecule has 2 nitrogen and oxygen atoms in total. The molecule has 1 aliphatic rings. The zero-order valence-corrected chi connectivity index (χ0v) is 11.4. The van der Waals surface area contributed by atoms with Gasteiger partial charge >= 0.3 is 0 Å². The minimum Gasteiger partial charge on any atom is -0.494 e. The van der Waals surface area contributed by atoms with E-state index in [4.69, 9.17) is 21.1 Å². The molecular formula is C14H18ClFO2. The zero-order valence-electron chi connectivity index (χ0n) is 10.7. The first-order valence-electron chi connectivity index (χ1n) is 6.26. The van der Waals surface area contributed by atoms with Gasteiger partial charge in [0.15, 0.2) is 11.6 Å². The van der Waals surface area contributed by atoms with Crippen LogP contribution in [0.5, 0.6) is 5.75 Å². The van der Waals surface area contributed by atoms with Crippen molar-refractivity contribution in [2.45, 2.75) is 31.2 Å². The fraction of sp³-hybridized carbons (Fsp3) is 0.571. The summed E-state index contributed by atoms with van der Waals surface area (Å²) in [4.78, 5) is 0. The van der Waals surface area contributed by atoms with E-state index >= 15 is 0 Å². The Bertz CT molecular complexity index is 411. The van der Waals surface area contributed by atoms with Gasteiger partial charge in [-0.3, -0.25) is 0 Å². The Kier molecular flexibility index (Phi) is 4.46. The smallest absolute Gasteiger partial charge is 0.165 e. The summed E-state index contributed by atoms with van der Waals surface area (Å²) in [5.41, 5.74) is 0.795. The van der Waals surface area contributed by atoms with Crippen LogP contribution in [0.1, 0.15) is 30.7 Å². The molecule has 3 unspecified atom stereocenters. The molecule has 1 aromatic carbocycles. The highest BCUT2D eigenvalue weighted by Crippen LogP contribution is 2.39. The lowest BCUT2D eigenvalue weighted by Gasteiger charge is -2.22. The van der Waals surface area contributed by atoms with Crippen molar-refractivity contribution in [1.82, 2.24) is 0 Å². The number of hydrogen-bond donors (Lipinski definition) is 0. The van der Waals surface area contributed by atoms with Gasteiger partial charge in [-0.2, -0.15) is 0 Å². The normalized spacial score (nSPS) is 25.1. The van der Waals surface area contributed by atoms with E-state index in [1.165, 1.54) is 13.2 Å². The topological polar surface area (TPSA) is 18.5 Å². The van der Waals surface area contributed by atoms with E-state index in [0.717, 1.165) is 25.0 Å². The van der Waals surface area contributed by atoms with Crippen LogP contribution in [-0.2, 0) is 4.74 Å². The second-order valence-electron chi connectivity index (χ2n) is 4.57. The first kappa shape index (κ1) is 13.6. The lowest BCUT2D eigenvalue weighted by Crippen LogP contribution is -2.19. The summed E-state index contributed by atoms with van der Waals surface area (Å²) in [6, 6.07) is 4.91. The van der Waals surface area contributed by atoms with E-state index < -0.39 is 0 Å². The summed E-state index contributed by atoms with van der Waals surface area (Å²) < 4.78 is 24.2. The van der Waals surface area contributed by atoms with Gasteiger partial charge in [-0.25, -0.2) is 4.39 Å². The predicted molar refractivity (Wildman–Crippen MR) is 69.7 cm³/mol. The Hall–Kier alpha value is -0.800. The monoisotopic (exact) mass is 272 g/mol. The van der Waals surface area contributed by atoms with Crippen LogP contribution in [0.25, 0.3) is 0 Å². The number of alkyl halides is 1. The molecule has 4 heteroatoms. The predicted octanol–water partition coefficient (Wildman–Crippen LogP) is 3.93. The summed E-state index contributed by atoms with van der Waals surface area (Å²) in [6.07, 6.45) is 2.05. The largest absolute Gasteiger partial charge is 0.494 e. The molecule has 0 N–H and O–H groups in total. The zero-order chi connectivity index (χ0) is 13.1. The molecule has 2 rings (SSSR count). The van der Waals surface area contributed by atoms with Gasteiger partial charge in [-0.1, -0.05) is 13.0 Å². The highest BCUT2D eigenvalue weighted by atomic mass is 35.5. The van der Waals surface area contributed by atoms with Crippen LogP contribution in [0.3, 0.4) is 0 Å². The molecule has 0 spiro atoms.